The zero-order valence-electron chi connectivity index (χ0n) is 11.4. The first kappa shape index (κ1) is 16.0. The molecule has 1 aliphatic carbocycles. The molecular weight excluding hydrogens is 299 g/mol. The highest BCUT2D eigenvalue weighted by Crippen LogP contribution is 2.27. The third kappa shape index (κ3) is 3.63. The summed E-state index contributed by atoms with van der Waals surface area (Å²) in [6, 6.07) is 1.31. The Balaban J connectivity index is 2.08. The van der Waals surface area contributed by atoms with E-state index in [1.807, 2.05) is 6.08 Å². The maximum atomic E-state index is 12.4. The highest BCUT2D eigenvalue weighted by atomic mass is 19.4. The highest BCUT2D eigenvalue weighted by Gasteiger charge is 2.33. The molecule has 0 aromatic carbocycles. The minimum atomic E-state index is -4.56. The van der Waals surface area contributed by atoms with Gasteiger partial charge in [-0.3, -0.25) is 14.6 Å². The number of allylic oxidation sites excluding steroid dienone is 1. The van der Waals surface area contributed by atoms with E-state index in [4.69, 9.17) is 5.73 Å². The van der Waals surface area contributed by atoms with Gasteiger partial charge in [-0.05, 0) is 25.0 Å². The Labute approximate surface area is 124 Å². The lowest BCUT2D eigenvalue weighted by Gasteiger charge is -2.26. The summed E-state index contributed by atoms with van der Waals surface area (Å²) in [5.41, 5.74) is 4.20. The van der Waals surface area contributed by atoms with Crippen molar-refractivity contribution < 1.29 is 22.8 Å². The molecule has 0 bridgehead atoms. The van der Waals surface area contributed by atoms with Crippen molar-refractivity contribution in [2.45, 2.75) is 25.1 Å². The van der Waals surface area contributed by atoms with Crippen LogP contribution in [0.3, 0.4) is 0 Å². The second-order valence-corrected chi connectivity index (χ2v) is 4.96. The molecule has 0 saturated carbocycles. The average molecular weight is 313 g/mol. The lowest BCUT2D eigenvalue weighted by molar-refractivity contribution is -0.141. The molecule has 118 valence electrons. The van der Waals surface area contributed by atoms with Gasteiger partial charge in [0.2, 0.25) is 5.91 Å². The lowest BCUT2D eigenvalue weighted by atomic mass is 9.88. The number of primary amides is 1. The van der Waals surface area contributed by atoms with Crippen LogP contribution in [0.15, 0.2) is 30.5 Å². The number of aromatic nitrogens is 1. The highest BCUT2D eigenvalue weighted by molar-refractivity contribution is 5.94. The molecule has 2 amide bonds. The fourth-order valence-corrected chi connectivity index (χ4v) is 2.24. The predicted molar refractivity (Wildman–Crippen MR) is 71.6 cm³/mol. The monoisotopic (exact) mass is 313 g/mol. The van der Waals surface area contributed by atoms with Crippen LogP contribution < -0.4 is 11.1 Å². The van der Waals surface area contributed by atoms with Crippen molar-refractivity contribution in [1.29, 1.82) is 0 Å². The van der Waals surface area contributed by atoms with Crippen LogP contribution in [0.4, 0.5) is 13.2 Å². The Kier molecular flexibility index (Phi) is 4.48. The Bertz CT molecular complexity index is 596. The Morgan fingerprint density at radius 3 is 2.45 bits per heavy atom. The van der Waals surface area contributed by atoms with Crippen LogP contribution in [0.1, 0.15) is 28.9 Å². The van der Waals surface area contributed by atoms with Crippen LogP contribution in [0.25, 0.3) is 0 Å². The summed E-state index contributed by atoms with van der Waals surface area (Å²) in [5, 5.41) is 2.61. The van der Waals surface area contributed by atoms with Crippen molar-refractivity contribution in [3.63, 3.8) is 0 Å². The van der Waals surface area contributed by atoms with E-state index in [1.54, 1.807) is 6.08 Å². The van der Waals surface area contributed by atoms with Crippen LogP contribution in [0.2, 0.25) is 0 Å². The number of nitrogens with two attached hydrogens (primary N) is 1. The molecule has 8 heteroatoms. The number of hydrogen-bond donors (Lipinski definition) is 2. The summed E-state index contributed by atoms with van der Waals surface area (Å²) in [7, 11) is 0. The Morgan fingerprint density at radius 1 is 1.23 bits per heavy atom. The van der Waals surface area contributed by atoms with Crippen LogP contribution in [0, 0.1) is 5.92 Å². The molecule has 0 radical (unpaired) electrons. The maximum absolute atomic E-state index is 12.4. The van der Waals surface area contributed by atoms with E-state index in [1.165, 1.54) is 0 Å². The van der Waals surface area contributed by atoms with E-state index in [2.05, 4.69) is 10.3 Å². The van der Waals surface area contributed by atoms with E-state index in [9.17, 15) is 22.8 Å². The number of halogens is 3. The van der Waals surface area contributed by atoms with Crippen LogP contribution >= 0.6 is 0 Å². The number of carbonyl (C=O) groups excluding carboxylic acids is 2. The molecule has 0 saturated heterocycles. The van der Waals surface area contributed by atoms with Gasteiger partial charge in [0.15, 0.2) is 0 Å². The van der Waals surface area contributed by atoms with E-state index in [0.29, 0.717) is 12.8 Å². The molecule has 1 aromatic heterocycles. The molecule has 2 atom stereocenters. The molecule has 1 aliphatic rings. The fourth-order valence-electron chi connectivity index (χ4n) is 2.24. The number of pyridine rings is 1. The zero-order chi connectivity index (χ0) is 16.3. The normalized spacial score (nSPS) is 21.4. The van der Waals surface area contributed by atoms with Crippen molar-refractivity contribution in [1.82, 2.24) is 10.3 Å². The van der Waals surface area contributed by atoms with Crippen LogP contribution in [-0.2, 0) is 11.0 Å². The van der Waals surface area contributed by atoms with Gasteiger partial charge in [-0.25, -0.2) is 0 Å². The smallest absolute Gasteiger partial charge is 0.369 e. The Hall–Kier alpha value is -2.38. The molecule has 1 aromatic rings. The fraction of sp³-hybridized carbons (Fsp3) is 0.357. The molecule has 2 rings (SSSR count). The van der Waals surface area contributed by atoms with Gasteiger partial charge in [0.05, 0.1) is 11.5 Å². The van der Waals surface area contributed by atoms with Crippen LogP contribution in [0.5, 0.6) is 0 Å². The number of nitrogens with zero attached hydrogens (tertiary/aromatic N) is 1. The summed E-state index contributed by atoms with van der Waals surface area (Å²) >= 11 is 0. The largest absolute Gasteiger partial charge is 0.433 e. The molecule has 5 nitrogen and oxygen atoms in total. The van der Waals surface area contributed by atoms with Gasteiger partial charge >= 0.3 is 6.18 Å². The van der Waals surface area contributed by atoms with Gasteiger partial charge in [0.1, 0.15) is 5.69 Å². The molecule has 0 spiro atoms. The standard InChI is InChI=1S/C14H14F3N3O2/c15-14(16,17)11-6-5-8(7-19-11)13(22)20-10-4-2-1-3-9(10)12(18)21/h1-2,5-7,9-10H,3-4H2,(H2,18,21)(H,20,22)/t9-,10-/m1/s1. The molecule has 0 aliphatic heterocycles. The van der Waals surface area contributed by atoms with E-state index in [0.717, 1.165) is 18.3 Å². The second-order valence-electron chi connectivity index (χ2n) is 4.96. The summed E-state index contributed by atoms with van der Waals surface area (Å²) in [4.78, 5) is 26.6. The van der Waals surface area contributed by atoms with Gasteiger partial charge in [-0.15, -0.1) is 0 Å². The molecule has 3 N–H and O–H groups in total. The van der Waals surface area contributed by atoms with Crippen molar-refractivity contribution in [2.24, 2.45) is 11.7 Å². The van der Waals surface area contributed by atoms with Crippen molar-refractivity contribution in [3.05, 3.63) is 41.7 Å². The molecule has 1 heterocycles. The molecule has 22 heavy (non-hydrogen) atoms. The molecule has 0 unspecified atom stereocenters. The lowest BCUT2D eigenvalue weighted by Crippen LogP contribution is -2.46. The third-order valence-electron chi connectivity index (χ3n) is 3.43. The van der Waals surface area contributed by atoms with E-state index >= 15 is 0 Å². The maximum Gasteiger partial charge on any atom is 0.433 e. The van der Waals surface area contributed by atoms with Gasteiger partial charge in [-0.2, -0.15) is 13.2 Å². The first-order chi connectivity index (χ1) is 10.3. The molecule has 0 fully saturated rings. The topological polar surface area (TPSA) is 85.1 Å². The number of alkyl halides is 3. The number of nitrogens with one attached hydrogen (secondary N) is 1. The van der Waals surface area contributed by atoms with E-state index in [-0.39, 0.29) is 5.56 Å². The van der Waals surface area contributed by atoms with Crippen molar-refractivity contribution in [2.75, 3.05) is 0 Å². The number of rotatable bonds is 3. The Morgan fingerprint density at radius 2 is 1.91 bits per heavy atom. The van der Waals surface area contributed by atoms with Crippen LogP contribution in [-0.4, -0.2) is 22.8 Å². The number of amides is 2. The predicted octanol–water partition coefficient (Wildman–Crippen LogP) is 1.65. The van der Waals surface area contributed by atoms with Crippen molar-refractivity contribution in [3.8, 4) is 0 Å². The van der Waals surface area contributed by atoms with Gasteiger partial charge in [0, 0.05) is 12.2 Å². The number of hydrogen-bond acceptors (Lipinski definition) is 3. The van der Waals surface area contributed by atoms with Crippen molar-refractivity contribution >= 4 is 11.8 Å². The summed E-state index contributed by atoms with van der Waals surface area (Å²) < 4.78 is 37.2. The van der Waals surface area contributed by atoms with Gasteiger partial charge < -0.3 is 11.1 Å². The van der Waals surface area contributed by atoms with Gasteiger partial charge in [-0.1, -0.05) is 12.2 Å². The summed E-state index contributed by atoms with van der Waals surface area (Å²) in [6.45, 7) is 0. The SMILES string of the molecule is NC(=O)[C@@H]1CC=CC[C@H]1NC(=O)c1ccc(C(F)(F)F)nc1. The zero-order valence-corrected chi connectivity index (χ0v) is 11.4. The summed E-state index contributed by atoms with van der Waals surface area (Å²) in [5.74, 6) is -1.65. The number of carbonyl (C=O) groups is 2. The van der Waals surface area contributed by atoms with Gasteiger partial charge in [0.25, 0.3) is 5.91 Å². The molecular formula is C14H14F3N3O2. The second kappa shape index (κ2) is 6.17. The van der Waals surface area contributed by atoms with E-state index < -0.39 is 35.6 Å². The minimum Gasteiger partial charge on any atom is -0.369 e. The minimum absolute atomic E-state index is 0.00854. The first-order valence-electron chi connectivity index (χ1n) is 6.57. The average Bonchev–Trinajstić information content (AvgIpc) is 2.46. The first-order valence-corrected chi connectivity index (χ1v) is 6.57. The third-order valence-corrected chi connectivity index (χ3v) is 3.43. The quantitative estimate of drug-likeness (QED) is 0.832. The summed E-state index contributed by atoms with van der Waals surface area (Å²) in [6.07, 6.45) is 0.780.